The van der Waals surface area contributed by atoms with E-state index in [1.807, 2.05) is 12.1 Å². The summed E-state index contributed by atoms with van der Waals surface area (Å²) in [5, 5.41) is 4.78. The van der Waals surface area contributed by atoms with Crippen LogP contribution in [0, 0.1) is 0 Å². The van der Waals surface area contributed by atoms with Gasteiger partial charge in [0.2, 0.25) is 0 Å². The lowest BCUT2D eigenvalue weighted by atomic mass is 9.84. The number of hydrogen-bond donors (Lipinski definition) is 1. The number of para-hydroxylation sites is 1. The van der Waals surface area contributed by atoms with Gasteiger partial charge in [-0.25, -0.2) is 9.97 Å². The molecule has 2 fully saturated rings. The molecule has 0 spiro atoms. The van der Waals surface area contributed by atoms with Crippen molar-refractivity contribution >= 4 is 22.4 Å². The molecule has 0 atom stereocenters. The van der Waals surface area contributed by atoms with Gasteiger partial charge < -0.3 is 10.2 Å². The Bertz CT molecular complexity index is 933. The first kappa shape index (κ1) is 18.4. The standard InChI is InChI=1S/C25H30N4/c1-2-6-19(7-3-1)20-10-12-22(13-11-20)29-16-14-21(15-17-29)28-25-23-8-4-5-9-24(23)26-18-27-25/h4-5,8-13,18-19,21H,1-3,6-7,14-17H2,(H,26,27,28). The van der Waals surface area contributed by atoms with Crippen molar-refractivity contribution in [2.75, 3.05) is 23.3 Å². The minimum atomic E-state index is 0.464. The van der Waals surface area contributed by atoms with Gasteiger partial charge in [0, 0.05) is 30.2 Å². The molecule has 150 valence electrons. The quantitative estimate of drug-likeness (QED) is 0.619. The number of benzene rings is 2. The summed E-state index contributed by atoms with van der Waals surface area (Å²) in [6.07, 6.45) is 10.9. The van der Waals surface area contributed by atoms with Crippen molar-refractivity contribution in [3.63, 3.8) is 0 Å². The molecule has 0 radical (unpaired) electrons. The van der Waals surface area contributed by atoms with Crippen LogP contribution in [0.2, 0.25) is 0 Å². The lowest BCUT2D eigenvalue weighted by molar-refractivity contribution is 0.443. The third-order valence-electron chi connectivity index (χ3n) is 6.71. The van der Waals surface area contributed by atoms with Crippen molar-refractivity contribution in [3.8, 4) is 0 Å². The van der Waals surface area contributed by atoms with E-state index in [0.29, 0.717) is 6.04 Å². The molecule has 2 aliphatic rings. The first-order chi connectivity index (χ1) is 14.4. The summed E-state index contributed by atoms with van der Waals surface area (Å²) in [4.78, 5) is 11.4. The fourth-order valence-electron chi connectivity index (χ4n) is 4.99. The predicted octanol–water partition coefficient (Wildman–Crippen LogP) is 5.76. The summed E-state index contributed by atoms with van der Waals surface area (Å²) in [7, 11) is 0. The van der Waals surface area contributed by atoms with E-state index in [1.165, 1.54) is 37.8 Å². The molecule has 0 amide bonds. The van der Waals surface area contributed by atoms with E-state index in [4.69, 9.17) is 0 Å². The molecule has 1 aliphatic carbocycles. The Labute approximate surface area is 173 Å². The van der Waals surface area contributed by atoms with Gasteiger partial charge in [-0.05, 0) is 61.4 Å². The van der Waals surface area contributed by atoms with Crippen LogP contribution >= 0.6 is 0 Å². The van der Waals surface area contributed by atoms with E-state index in [2.05, 4.69) is 56.6 Å². The second-order valence-corrected chi connectivity index (χ2v) is 8.57. The zero-order chi connectivity index (χ0) is 19.5. The van der Waals surface area contributed by atoms with E-state index in [-0.39, 0.29) is 0 Å². The van der Waals surface area contributed by atoms with Crippen LogP contribution in [0.25, 0.3) is 10.9 Å². The van der Waals surface area contributed by atoms with Crippen LogP contribution < -0.4 is 10.2 Å². The minimum Gasteiger partial charge on any atom is -0.371 e. The average Bonchev–Trinajstić information content (AvgIpc) is 2.81. The van der Waals surface area contributed by atoms with E-state index in [0.717, 1.165) is 48.6 Å². The molecule has 1 saturated heterocycles. The van der Waals surface area contributed by atoms with Gasteiger partial charge >= 0.3 is 0 Å². The molecule has 2 aromatic carbocycles. The fourth-order valence-corrected chi connectivity index (χ4v) is 4.99. The molecule has 0 bridgehead atoms. The Morgan fingerprint density at radius 2 is 1.55 bits per heavy atom. The summed E-state index contributed by atoms with van der Waals surface area (Å²) in [6.45, 7) is 2.17. The van der Waals surface area contributed by atoms with E-state index >= 15 is 0 Å². The van der Waals surface area contributed by atoms with Crippen molar-refractivity contribution in [3.05, 3.63) is 60.4 Å². The van der Waals surface area contributed by atoms with Crippen LogP contribution in [0.5, 0.6) is 0 Å². The number of nitrogens with zero attached hydrogens (tertiary/aromatic N) is 3. The van der Waals surface area contributed by atoms with Crippen molar-refractivity contribution < 1.29 is 0 Å². The number of anilines is 2. The van der Waals surface area contributed by atoms with Crippen LogP contribution in [-0.2, 0) is 0 Å². The molecule has 4 heteroatoms. The van der Waals surface area contributed by atoms with Crippen LogP contribution in [0.15, 0.2) is 54.9 Å². The first-order valence-electron chi connectivity index (χ1n) is 11.2. The molecular weight excluding hydrogens is 356 g/mol. The normalized spacial score (nSPS) is 18.8. The maximum absolute atomic E-state index is 4.50. The molecule has 1 aromatic heterocycles. The molecule has 1 aliphatic heterocycles. The maximum Gasteiger partial charge on any atom is 0.137 e. The van der Waals surface area contributed by atoms with E-state index < -0.39 is 0 Å². The molecule has 5 rings (SSSR count). The zero-order valence-electron chi connectivity index (χ0n) is 17.1. The Balaban J connectivity index is 1.20. The molecule has 1 N–H and O–H groups in total. The maximum atomic E-state index is 4.50. The van der Waals surface area contributed by atoms with Crippen molar-refractivity contribution in [2.45, 2.75) is 56.9 Å². The monoisotopic (exact) mass is 386 g/mol. The van der Waals surface area contributed by atoms with Crippen LogP contribution in [0.3, 0.4) is 0 Å². The molecule has 4 nitrogen and oxygen atoms in total. The van der Waals surface area contributed by atoms with Crippen LogP contribution in [0.1, 0.15) is 56.4 Å². The summed E-state index contributed by atoms with van der Waals surface area (Å²) >= 11 is 0. The van der Waals surface area contributed by atoms with Gasteiger partial charge in [0.05, 0.1) is 5.52 Å². The van der Waals surface area contributed by atoms with Crippen molar-refractivity contribution in [1.82, 2.24) is 9.97 Å². The van der Waals surface area contributed by atoms with E-state index in [9.17, 15) is 0 Å². The van der Waals surface area contributed by atoms with Gasteiger partial charge in [-0.2, -0.15) is 0 Å². The topological polar surface area (TPSA) is 41.0 Å². The minimum absolute atomic E-state index is 0.464. The fraction of sp³-hybridized carbons (Fsp3) is 0.440. The highest BCUT2D eigenvalue weighted by atomic mass is 15.2. The Morgan fingerprint density at radius 3 is 2.34 bits per heavy atom. The van der Waals surface area contributed by atoms with Gasteiger partial charge in [-0.3, -0.25) is 0 Å². The predicted molar refractivity (Wildman–Crippen MR) is 121 cm³/mol. The van der Waals surface area contributed by atoms with Crippen LogP contribution in [-0.4, -0.2) is 29.1 Å². The van der Waals surface area contributed by atoms with Gasteiger partial charge in [-0.15, -0.1) is 0 Å². The molecular formula is C25H30N4. The zero-order valence-corrected chi connectivity index (χ0v) is 17.1. The second kappa shape index (κ2) is 8.40. The second-order valence-electron chi connectivity index (χ2n) is 8.57. The molecule has 1 saturated carbocycles. The number of aromatic nitrogens is 2. The number of hydrogen-bond acceptors (Lipinski definition) is 4. The third kappa shape index (κ3) is 4.07. The number of rotatable bonds is 4. The number of nitrogens with one attached hydrogen (secondary N) is 1. The average molecular weight is 387 g/mol. The Morgan fingerprint density at radius 1 is 0.793 bits per heavy atom. The van der Waals surface area contributed by atoms with Gasteiger partial charge in [0.15, 0.2) is 0 Å². The Hall–Kier alpha value is -2.62. The summed E-state index contributed by atoms with van der Waals surface area (Å²) in [5.74, 6) is 1.75. The highest BCUT2D eigenvalue weighted by Crippen LogP contribution is 2.33. The highest BCUT2D eigenvalue weighted by Gasteiger charge is 2.21. The lowest BCUT2D eigenvalue weighted by Crippen LogP contribution is -2.39. The molecule has 29 heavy (non-hydrogen) atoms. The number of fused-ring (bicyclic) bond motifs is 1. The first-order valence-corrected chi connectivity index (χ1v) is 11.2. The van der Waals surface area contributed by atoms with Gasteiger partial charge in [0.25, 0.3) is 0 Å². The van der Waals surface area contributed by atoms with E-state index in [1.54, 1.807) is 11.9 Å². The largest absolute Gasteiger partial charge is 0.371 e. The molecule has 0 unspecified atom stereocenters. The van der Waals surface area contributed by atoms with Gasteiger partial charge in [-0.1, -0.05) is 43.5 Å². The van der Waals surface area contributed by atoms with Crippen LogP contribution in [0.4, 0.5) is 11.5 Å². The summed E-state index contributed by atoms with van der Waals surface area (Å²) < 4.78 is 0. The third-order valence-corrected chi connectivity index (χ3v) is 6.71. The summed E-state index contributed by atoms with van der Waals surface area (Å²) in [5.41, 5.74) is 3.91. The van der Waals surface area contributed by atoms with Crippen molar-refractivity contribution in [1.29, 1.82) is 0 Å². The summed E-state index contributed by atoms with van der Waals surface area (Å²) in [6, 6.07) is 18.1. The SMILES string of the molecule is c1ccc2c(NC3CCN(c4ccc(C5CCCCC5)cc4)CC3)ncnc2c1. The highest BCUT2D eigenvalue weighted by molar-refractivity contribution is 5.88. The number of piperidine rings is 1. The van der Waals surface area contributed by atoms with Crippen molar-refractivity contribution in [2.24, 2.45) is 0 Å². The smallest absolute Gasteiger partial charge is 0.137 e. The van der Waals surface area contributed by atoms with Gasteiger partial charge in [0.1, 0.15) is 12.1 Å². The lowest BCUT2D eigenvalue weighted by Gasteiger charge is -2.34. The molecule has 3 aromatic rings. The molecule has 2 heterocycles. The Kier molecular flexibility index (Phi) is 5.33.